The van der Waals surface area contributed by atoms with Gasteiger partial charge in [0.15, 0.2) is 0 Å². The molecule has 2 heterocycles. The van der Waals surface area contributed by atoms with E-state index in [1.807, 2.05) is 30.3 Å². The number of carbonyl (C=O) groups excluding carboxylic acids is 2. The number of benzene rings is 1. The maximum Gasteiger partial charge on any atom is 0.327 e. The molecule has 0 aliphatic carbocycles. The van der Waals surface area contributed by atoms with Crippen LogP contribution < -0.4 is 0 Å². The lowest BCUT2D eigenvalue weighted by Crippen LogP contribution is -2.37. The summed E-state index contributed by atoms with van der Waals surface area (Å²) in [6, 6.07) is 8.70. The van der Waals surface area contributed by atoms with Crippen molar-refractivity contribution < 1.29 is 18.0 Å². The first-order valence-electron chi connectivity index (χ1n) is 7.25. The molecule has 22 heavy (non-hydrogen) atoms. The first kappa shape index (κ1) is 15.0. The number of fused-ring (bicyclic) bond motifs is 1. The Morgan fingerprint density at radius 2 is 1.73 bits per heavy atom. The van der Waals surface area contributed by atoms with Gasteiger partial charge in [0.25, 0.3) is 5.91 Å². The number of imide groups is 1. The molecule has 3 rings (SSSR count). The number of sulfone groups is 1. The molecule has 0 saturated carbocycles. The molecule has 1 aromatic rings. The van der Waals surface area contributed by atoms with Crippen molar-refractivity contribution in [2.75, 3.05) is 18.6 Å². The third-order valence-electron chi connectivity index (χ3n) is 4.26. The maximum atomic E-state index is 12.5. The summed E-state index contributed by atoms with van der Waals surface area (Å²) in [6.07, 6.45) is 2.48. The van der Waals surface area contributed by atoms with Crippen molar-refractivity contribution >= 4 is 21.8 Å². The van der Waals surface area contributed by atoms with Gasteiger partial charge in [-0.1, -0.05) is 30.3 Å². The Hall–Kier alpha value is -1.89. The molecule has 118 valence electrons. The summed E-state index contributed by atoms with van der Waals surface area (Å²) in [5, 5.41) is 0. The lowest BCUT2D eigenvalue weighted by molar-refractivity contribution is -0.127. The molecule has 2 saturated heterocycles. The van der Waals surface area contributed by atoms with Crippen molar-refractivity contribution in [2.24, 2.45) is 0 Å². The molecule has 3 amide bonds. The second-order valence-electron chi connectivity index (χ2n) is 5.83. The molecule has 0 N–H and O–H groups in total. The third-order valence-corrected chi connectivity index (χ3v) is 5.18. The van der Waals surface area contributed by atoms with Crippen LogP contribution >= 0.6 is 0 Å². The fourth-order valence-corrected chi connectivity index (χ4v) is 3.71. The van der Waals surface area contributed by atoms with Gasteiger partial charge in [-0.15, -0.1) is 0 Å². The zero-order valence-corrected chi connectivity index (χ0v) is 13.1. The molecule has 0 bridgehead atoms. The van der Waals surface area contributed by atoms with E-state index in [1.165, 1.54) is 0 Å². The lowest BCUT2D eigenvalue weighted by atomic mass is 10.0. The van der Waals surface area contributed by atoms with Crippen LogP contribution in [0, 0.1) is 0 Å². The molecular weight excluding hydrogens is 304 g/mol. The number of carbonyl (C=O) groups is 2. The molecule has 2 aliphatic heterocycles. The van der Waals surface area contributed by atoms with E-state index < -0.39 is 15.9 Å². The predicted molar refractivity (Wildman–Crippen MR) is 80.9 cm³/mol. The zero-order valence-electron chi connectivity index (χ0n) is 12.3. The molecule has 2 fully saturated rings. The van der Waals surface area contributed by atoms with Crippen molar-refractivity contribution in [3.05, 3.63) is 35.9 Å². The van der Waals surface area contributed by atoms with Crippen molar-refractivity contribution in [3.63, 3.8) is 0 Å². The highest BCUT2D eigenvalue weighted by Gasteiger charge is 2.51. The molecule has 0 unspecified atom stereocenters. The summed E-state index contributed by atoms with van der Waals surface area (Å²) in [6.45, 7) is -0.0645. The Bertz CT molecular complexity index is 702. The van der Waals surface area contributed by atoms with Gasteiger partial charge in [-0.05, 0) is 18.4 Å². The van der Waals surface area contributed by atoms with Crippen LogP contribution in [-0.2, 0) is 14.6 Å². The third kappa shape index (κ3) is 2.61. The monoisotopic (exact) mass is 322 g/mol. The fourth-order valence-electron chi connectivity index (χ4n) is 3.20. The summed E-state index contributed by atoms with van der Waals surface area (Å²) in [4.78, 5) is 27.6. The van der Waals surface area contributed by atoms with E-state index in [0.29, 0.717) is 6.42 Å². The number of hydrogen-bond acceptors (Lipinski definition) is 4. The van der Waals surface area contributed by atoms with E-state index >= 15 is 0 Å². The summed E-state index contributed by atoms with van der Waals surface area (Å²) in [5.74, 6) is -0.465. The largest absolute Gasteiger partial charge is 0.327 e. The van der Waals surface area contributed by atoms with Crippen LogP contribution in [0.5, 0.6) is 0 Å². The van der Waals surface area contributed by atoms with Gasteiger partial charge in [-0.25, -0.2) is 13.2 Å². The fraction of sp³-hybridized carbons (Fsp3) is 0.467. The van der Waals surface area contributed by atoms with Gasteiger partial charge in [-0.3, -0.25) is 9.69 Å². The average molecular weight is 322 g/mol. The standard InChI is InChI=1S/C15H18N2O4S/c1-22(20,21)10-9-16-14(18)13-8-7-12(17(13)15(16)19)11-5-3-2-4-6-11/h2-6,12-13H,7-10H2,1H3/t12-,13-/m0/s1. The Labute approximate surface area is 129 Å². The van der Waals surface area contributed by atoms with Gasteiger partial charge in [0, 0.05) is 12.8 Å². The minimum Gasteiger partial charge on any atom is -0.305 e. The number of urea groups is 1. The quantitative estimate of drug-likeness (QED) is 0.781. The van der Waals surface area contributed by atoms with E-state index in [2.05, 4.69) is 0 Å². The van der Waals surface area contributed by atoms with E-state index in [1.54, 1.807) is 4.90 Å². The number of nitrogens with zero attached hydrogens (tertiary/aromatic N) is 2. The highest BCUT2D eigenvalue weighted by atomic mass is 32.2. The highest BCUT2D eigenvalue weighted by molar-refractivity contribution is 7.90. The normalized spacial score (nSPS) is 25.0. The molecule has 7 heteroatoms. The summed E-state index contributed by atoms with van der Waals surface area (Å²) < 4.78 is 22.5. The minimum absolute atomic E-state index is 0.0645. The Morgan fingerprint density at radius 1 is 1.09 bits per heavy atom. The summed E-state index contributed by atoms with van der Waals surface area (Å²) in [7, 11) is -3.21. The lowest BCUT2D eigenvalue weighted by Gasteiger charge is -2.23. The minimum atomic E-state index is -3.21. The number of amides is 3. The molecule has 2 aliphatic rings. The second kappa shape index (κ2) is 5.39. The van der Waals surface area contributed by atoms with Crippen molar-refractivity contribution in [2.45, 2.75) is 24.9 Å². The van der Waals surface area contributed by atoms with Gasteiger partial charge in [0.1, 0.15) is 15.9 Å². The average Bonchev–Trinajstić information content (AvgIpc) is 2.99. The zero-order chi connectivity index (χ0) is 15.9. The van der Waals surface area contributed by atoms with Gasteiger partial charge >= 0.3 is 6.03 Å². The van der Waals surface area contributed by atoms with E-state index in [0.717, 1.165) is 23.1 Å². The summed E-state index contributed by atoms with van der Waals surface area (Å²) >= 11 is 0. The first-order chi connectivity index (χ1) is 10.4. The molecule has 2 atom stereocenters. The van der Waals surface area contributed by atoms with Crippen LogP contribution in [0.1, 0.15) is 24.4 Å². The van der Waals surface area contributed by atoms with E-state index in [4.69, 9.17) is 0 Å². The molecule has 6 nitrogen and oxygen atoms in total. The maximum absolute atomic E-state index is 12.5. The molecular formula is C15H18N2O4S. The van der Waals surface area contributed by atoms with Crippen LogP contribution in [0.2, 0.25) is 0 Å². The van der Waals surface area contributed by atoms with Crippen molar-refractivity contribution in [1.82, 2.24) is 9.80 Å². The molecule has 0 spiro atoms. The van der Waals surface area contributed by atoms with Gasteiger partial charge in [-0.2, -0.15) is 0 Å². The smallest absolute Gasteiger partial charge is 0.305 e. The van der Waals surface area contributed by atoms with Gasteiger partial charge in [0.2, 0.25) is 0 Å². The van der Waals surface area contributed by atoms with Gasteiger partial charge in [0.05, 0.1) is 11.8 Å². The number of hydrogen-bond donors (Lipinski definition) is 0. The first-order valence-corrected chi connectivity index (χ1v) is 9.31. The Balaban J connectivity index is 1.82. The molecule has 1 aromatic carbocycles. The van der Waals surface area contributed by atoms with Crippen molar-refractivity contribution in [1.29, 1.82) is 0 Å². The van der Waals surface area contributed by atoms with Crippen LogP contribution in [-0.4, -0.2) is 54.8 Å². The Kier molecular flexibility index (Phi) is 3.68. The van der Waals surface area contributed by atoms with E-state index in [9.17, 15) is 18.0 Å². The Morgan fingerprint density at radius 3 is 2.36 bits per heavy atom. The van der Waals surface area contributed by atoms with Gasteiger partial charge < -0.3 is 4.90 Å². The number of rotatable bonds is 4. The van der Waals surface area contributed by atoms with Crippen LogP contribution in [0.3, 0.4) is 0 Å². The van der Waals surface area contributed by atoms with E-state index in [-0.39, 0.29) is 30.3 Å². The summed E-state index contributed by atoms with van der Waals surface area (Å²) in [5.41, 5.74) is 1.01. The van der Waals surface area contributed by atoms with Crippen LogP contribution in [0.15, 0.2) is 30.3 Å². The van der Waals surface area contributed by atoms with Crippen molar-refractivity contribution in [3.8, 4) is 0 Å². The second-order valence-corrected chi connectivity index (χ2v) is 8.09. The van der Waals surface area contributed by atoms with Crippen LogP contribution in [0.4, 0.5) is 4.79 Å². The molecule has 0 aromatic heterocycles. The topological polar surface area (TPSA) is 74.8 Å². The SMILES string of the molecule is CS(=O)(=O)CCN1C(=O)[C@@H]2CC[C@@H](c3ccccc3)N2C1=O. The molecule has 0 radical (unpaired) electrons. The highest BCUT2D eigenvalue weighted by Crippen LogP contribution is 2.40. The van der Waals surface area contributed by atoms with Crippen LogP contribution in [0.25, 0.3) is 0 Å². The predicted octanol–water partition coefficient (Wildman–Crippen LogP) is 1.20.